The molecule has 1 aliphatic heterocycles. The number of amides is 1. The summed E-state index contributed by atoms with van der Waals surface area (Å²) in [6.45, 7) is 5.44. The van der Waals surface area contributed by atoms with Gasteiger partial charge in [0.05, 0.1) is 13.7 Å². The molecule has 0 unspecified atom stereocenters. The van der Waals surface area contributed by atoms with Gasteiger partial charge in [-0.15, -0.1) is 0 Å². The second-order valence-electron chi connectivity index (χ2n) is 6.65. The first-order valence-corrected chi connectivity index (χ1v) is 9.52. The van der Waals surface area contributed by atoms with Crippen LogP contribution in [0.4, 0.5) is 22.1 Å². The number of rotatable bonds is 6. The van der Waals surface area contributed by atoms with E-state index in [1.165, 1.54) is 0 Å². The molecule has 1 aliphatic rings. The standard InChI is InChI=1S/C20H27N5O3/c1-4-28-20(26)25-10-8-15(9-11-25)23-18-13-19(22-14(2)21-18)24-16-6-5-7-17(12-16)27-3/h5-7,12-13,15H,4,8-11H2,1-3H3,(H2,21,22,23,24). The van der Waals surface area contributed by atoms with Gasteiger partial charge in [-0.2, -0.15) is 0 Å². The number of aryl methyl sites for hydroxylation is 1. The Morgan fingerprint density at radius 1 is 1.21 bits per heavy atom. The summed E-state index contributed by atoms with van der Waals surface area (Å²) in [5, 5.41) is 6.76. The second-order valence-corrected chi connectivity index (χ2v) is 6.65. The van der Waals surface area contributed by atoms with Gasteiger partial charge in [0, 0.05) is 37.0 Å². The molecular weight excluding hydrogens is 358 g/mol. The largest absolute Gasteiger partial charge is 0.497 e. The van der Waals surface area contributed by atoms with Crippen molar-refractivity contribution in [2.75, 3.05) is 37.4 Å². The maximum atomic E-state index is 11.8. The van der Waals surface area contributed by atoms with Crippen molar-refractivity contribution in [3.63, 3.8) is 0 Å². The van der Waals surface area contributed by atoms with Crippen LogP contribution in [-0.4, -0.2) is 53.8 Å². The quantitative estimate of drug-likeness (QED) is 0.786. The van der Waals surface area contributed by atoms with Crippen LogP contribution in [0, 0.1) is 6.92 Å². The molecule has 2 N–H and O–H groups in total. The van der Waals surface area contributed by atoms with Crippen LogP contribution >= 0.6 is 0 Å². The summed E-state index contributed by atoms with van der Waals surface area (Å²) in [5.74, 6) is 2.95. The van der Waals surface area contributed by atoms with Crippen LogP contribution in [0.25, 0.3) is 0 Å². The first kappa shape index (κ1) is 19.7. The van der Waals surface area contributed by atoms with E-state index in [1.807, 2.05) is 44.2 Å². The summed E-state index contributed by atoms with van der Waals surface area (Å²) in [6.07, 6.45) is 1.46. The number of hydrogen-bond donors (Lipinski definition) is 2. The molecule has 1 saturated heterocycles. The molecule has 3 rings (SSSR count). The molecule has 0 saturated carbocycles. The number of benzene rings is 1. The summed E-state index contributed by atoms with van der Waals surface area (Å²) < 4.78 is 10.3. The Hall–Kier alpha value is -3.03. The Morgan fingerprint density at radius 2 is 1.96 bits per heavy atom. The molecule has 0 atom stereocenters. The highest BCUT2D eigenvalue weighted by Gasteiger charge is 2.23. The van der Waals surface area contributed by atoms with Gasteiger partial charge in [-0.3, -0.25) is 0 Å². The van der Waals surface area contributed by atoms with E-state index in [2.05, 4.69) is 20.6 Å². The van der Waals surface area contributed by atoms with Crippen LogP contribution in [0.2, 0.25) is 0 Å². The van der Waals surface area contributed by atoms with Crippen LogP contribution < -0.4 is 15.4 Å². The third-order valence-electron chi connectivity index (χ3n) is 4.55. The summed E-state index contributed by atoms with van der Waals surface area (Å²) in [5.41, 5.74) is 0.895. The highest BCUT2D eigenvalue weighted by atomic mass is 16.6. The number of piperidine rings is 1. The maximum absolute atomic E-state index is 11.8. The molecule has 2 heterocycles. The number of carbonyl (C=O) groups is 1. The van der Waals surface area contributed by atoms with E-state index >= 15 is 0 Å². The average Bonchev–Trinajstić information content (AvgIpc) is 2.68. The third kappa shape index (κ3) is 5.25. The van der Waals surface area contributed by atoms with E-state index < -0.39 is 0 Å². The zero-order chi connectivity index (χ0) is 19.9. The zero-order valence-electron chi connectivity index (χ0n) is 16.6. The molecule has 0 spiro atoms. The van der Waals surface area contributed by atoms with Crippen molar-refractivity contribution < 1.29 is 14.3 Å². The first-order valence-electron chi connectivity index (χ1n) is 9.52. The molecule has 8 heteroatoms. The van der Waals surface area contributed by atoms with Crippen molar-refractivity contribution in [1.82, 2.24) is 14.9 Å². The minimum absolute atomic E-state index is 0.233. The average molecular weight is 385 g/mol. The van der Waals surface area contributed by atoms with E-state index in [-0.39, 0.29) is 12.1 Å². The Balaban J connectivity index is 1.61. The van der Waals surface area contributed by atoms with Crippen LogP contribution in [0.5, 0.6) is 5.75 Å². The van der Waals surface area contributed by atoms with Gasteiger partial charge in [0.25, 0.3) is 0 Å². The lowest BCUT2D eigenvalue weighted by Gasteiger charge is -2.31. The zero-order valence-corrected chi connectivity index (χ0v) is 16.6. The van der Waals surface area contributed by atoms with Crippen LogP contribution in [0.1, 0.15) is 25.6 Å². The molecule has 2 aromatic rings. The lowest BCUT2D eigenvalue weighted by molar-refractivity contribution is 0.0983. The summed E-state index contributed by atoms with van der Waals surface area (Å²) >= 11 is 0. The molecule has 0 aliphatic carbocycles. The predicted molar refractivity (Wildman–Crippen MR) is 108 cm³/mol. The Bertz CT molecular complexity index is 806. The summed E-state index contributed by atoms with van der Waals surface area (Å²) in [4.78, 5) is 22.5. The van der Waals surface area contributed by atoms with E-state index in [4.69, 9.17) is 9.47 Å². The number of ether oxygens (including phenoxy) is 2. The van der Waals surface area contributed by atoms with E-state index in [9.17, 15) is 4.79 Å². The smallest absolute Gasteiger partial charge is 0.409 e. The Labute approximate surface area is 165 Å². The molecular formula is C20H27N5O3. The minimum atomic E-state index is -0.233. The number of likely N-dealkylation sites (tertiary alicyclic amines) is 1. The fraction of sp³-hybridized carbons (Fsp3) is 0.450. The minimum Gasteiger partial charge on any atom is -0.497 e. The number of nitrogens with one attached hydrogen (secondary N) is 2. The van der Waals surface area contributed by atoms with E-state index in [1.54, 1.807) is 12.0 Å². The SMILES string of the molecule is CCOC(=O)N1CCC(Nc2cc(Nc3cccc(OC)c3)nc(C)n2)CC1. The van der Waals surface area contributed by atoms with Crippen molar-refractivity contribution >= 4 is 23.4 Å². The molecule has 0 bridgehead atoms. The second kappa shape index (κ2) is 9.25. The lowest BCUT2D eigenvalue weighted by atomic mass is 10.1. The van der Waals surface area contributed by atoms with Crippen molar-refractivity contribution in [3.05, 3.63) is 36.2 Å². The van der Waals surface area contributed by atoms with Gasteiger partial charge in [-0.25, -0.2) is 14.8 Å². The van der Waals surface area contributed by atoms with Gasteiger partial charge >= 0.3 is 6.09 Å². The summed E-state index contributed by atoms with van der Waals surface area (Å²) in [7, 11) is 1.64. The van der Waals surface area contributed by atoms with E-state index in [0.29, 0.717) is 31.3 Å². The van der Waals surface area contributed by atoms with Gasteiger partial charge in [0.1, 0.15) is 23.2 Å². The third-order valence-corrected chi connectivity index (χ3v) is 4.55. The molecule has 1 aromatic carbocycles. The fourth-order valence-corrected chi connectivity index (χ4v) is 3.18. The van der Waals surface area contributed by atoms with Crippen LogP contribution in [0.15, 0.2) is 30.3 Å². The Kier molecular flexibility index (Phi) is 6.52. The number of nitrogens with zero attached hydrogens (tertiary/aromatic N) is 3. The topological polar surface area (TPSA) is 88.6 Å². The van der Waals surface area contributed by atoms with Gasteiger partial charge in [0.2, 0.25) is 0 Å². The van der Waals surface area contributed by atoms with Crippen molar-refractivity contribution in [1.29, 1.82) is 0 Å². The van der Waals surface area contributed by atoms with Crippen LogP contribution in [-0.2, 0) is 4.74 Å². The van der Waals surface area contributed by atoms with E-state index in [0.717, 1.165) is 30.1 Å². The molecule has 150 valence electrons. The highest BCUT2D eigenvalue weighted by molar-refractivity contribution is 5.67. The van der Waals surface area contributed by atoms with Crippen molar-refractivity contribution in [3.8, 4) is 5.75 Å². The Morgan fingerprint density at radius 3 is 2.68 bits per heavy atom. The molecule has 1 aromatic heterocycles. The monoisotopic (exact) mass is 385 g/mol. The van der Waals surface area contributed by atoms with Crippen molar-refractivity contribution in [2.45, 2.75) is 32.7 Å². The fourth-order valence-electron chi connectivity index (χ4n) is 3.18. The molecule has 1 fully saturated rings. The summed E-state index contributed by atoms with van der Waals surface area (Å²) in [6, 6.07) is 9.83. The number of carbonyl (C=O) groups excluding carboxylic acids is 1. The number of methoxy groups -OCH3 is 1. The normalized spacial score (nSPS) is 14.5. The maximum Gasteiger partial charge on any atom is 0.409 e. The highest BCUT2D eigenvalue weighted by Crippen LogP contribution is 2.23. The number of hydrogen-bond acceptors (Lipinski definition) is 7. The van der Waals surface area contributed by atoms with Gasteiger partial charge in [-0.1, -0.05) is 6.07 Å². The molecule has 0 radical (unpaired) electrons. The molecule has 1 amide bonds. The van der Waals surface area contributed by atoms with Gasteiger partial charge in [-0.05, 0) is 38.8 Å². The number of anilines is 3. The van der Waals surface area contributed by atoms with Gasteiger partial charge < -0.3 is 25.0 Å². The number of aromatic nitrogens is 2. The predicted octanol–water partition coefficient (Wildman–Crippen LogP) is 3.57. The lowest BCUT2D eigenvalue weighted by Crippen LogP contribution is -2.42. The first-order chi connectivity index (χ1) is 13.6. The molecule has 28 heavy (non-hydrogen) atoms. The van der Waals surface area contributed by atoms with Gasteiger partial charge in [0.15, 0.2) is 0 Å². The molecule has 8 nitrogen and oxygen atoms in total. The van der Waals surface area contributed by atoms with Crippen molar-refractivity contribution in [2.24, 2.45) is 0 Å². The van der Waals surface area contributed by atoms with Crippen LogP contribution in [0.3, 0.4) is 0 Å².